The molecule has 5 nitrogen and oxygen atoms in total. The molecular weight excluding hydrogens is 344 g/mol. The maximum Gasteiger partial charge on any atom is 0.191 e. The van der Waals surface area contributed by atoms with E-state index in [-0.39, 0.29) is 0 Å². The zero-order chi connectivity index (χ0) is 18.4. The molecule has 1 aromatic heterocycles. The molecule has 1 aliphatic rings. The van der Waals surface area contributed by atoms with E-state index < -0.39 is 0 Å². The van der Waals surface area contributed by atoms with E-state index in [1.54, 1.807) is 11.3 Å². The number of hydrogen-bond donors (Lipinski definition) is 2. The lowest BCUT2D eigenvalue weighted by atomic mass is 10.1. The second kappa shape index (κ2) is 9.03. The number of rotatable bonds is 8. The van der Waals surface area contributed by atoms with Crippen LogP contribution in [-0.4, -0.2) is 24.1 Å². The Morgan fingerprint density at radius 2 is 2.15 bits per heavy atom. The molecular formula is C20H28N4OS. The first-order chi connectivity index (χ1) is 12.7. The summed E-state index contributed by atoms with van der Waals surface area (Å²) in [7, 11) is 0. The van der Waals surface area contributed by atoms with Crippen molar-refractivity contribution in [3.63, 3.8) is 0 Å². The molecule has 1 heterocycles. The van der Waals surface area contributed by atoms with Gasteiger partial charge in [-0.3, -0.25) is 0 Å². The van der Waals surface area contributed by atoms with Crippen LogP contribution in [0.3, 0.4) is 0 Å². The molecule has 0 spiro atoms. The Bertz CT molecular complexity index is 752. The summed E-state index contributed by atoms with van der Waals surface area (Å²) >= 11 is 1.67. The molecule has 0 atom stereocenters. The van der Waals surface area contributed by atoms with Gasteiger partial charge >= 0.3 is 0 Å². The molecule has 1 aliphatic carbocycles. The van der Waals surface area contributed by atoms with Gasteiger partial charge in [-0.15, -0.1) is 11.3 Å². The summed E-state index contributed by atoms with van der Waals surface area (Å²) in [5, 5.41) is 6.70. The second-order valence-electron chi connectivity index (χ2n) is 6.78. The van der Waals surface area contributed by atoms with Gasteiger partial charge in [0.2, 0.25) is 0 Å². The van der Waals surface area contributed by atoms with E-state index in [9.17, 15) is 0 Å². The normalized spacial score (nSPS) is 14.3. The Kier molecular flexibility index (Phi) is 6.50. The molecule has 1 saturated carbocycles. The van der Waals surface area contributed by atoms with Gasteiger partial charge in [0.05, 0.1) is 30.9 Å². The molecule has 0 bridgehead atoms. The van der Waals surface area contributed by atoms with Crippen LogP contribution in [0.25, 0.3) is 0 Å². The van der Waals surface area contributed by atoms with Gasteiger partial charge < -0.3 is 15.4 Å². The largest absolute Gasteiger partial charge is 0.493 e. The van der Waals surface area contributed by atoms with Crippen molar-refractivity contribution in [1.82, 2.24) is 15.6 Å². The molecule has 1 fully saturated rings. The summed E-state index contributed by atoms with van der Waals surface area (Å²) in [5.74, 6) is 2.53. The number of guanidine groups is 1. The van der Waals surface area contributed by atoms with Gasteiger partial charge in [-0.05, 0) is 51.2 Å². The number of aromatic nitrogens is 1. The van der Waals surface area contributed by atoms with Gasteiger partial charge in [0.15, 0.2) is 5.96 Å². The zero-order valence-electron chi connectivity index (χ0n) is 15.8. The highest BCUT2D eigenvalue weighted by atomic mass is 32.1. The second-order valence-corrected chi connectivity index (χ2v) is 7.71. The number of ether oxygens (including phenoxy) is 1. The van der Waals surface area contributed by atoms with Crippen LogP contribution in [0.15, 0.2) is 28.7 Å². The summed E-state index contributed by atoms with van der Waals surface area (Å²) in [4.78, 5) is 10.3. The monoisotopic (exact) mass is 372 g/mol. The minimum absolute atomic E-state index is 0.595. The number of benzene rings is 1. The predicted molar refractivity (Wildman–Crippen MR) is 108 cm³/mol. The maximum absolute atomic E-state index is 6.05. The van der Waals surface area contributed by atoms with Gasteiger partial charge in [0.1, 0.15) is 5.75 Å². The summed E-state index contributed by atoms with van der Waals surface area (Å²) in [6, 6.07) is 6.36. The van der Waals surface area contributed by atoms with Crippen molar-refractivity contribution in [2.24, 2.45) is 10.9 Å². The van der Waals surface area contributed by atoms with Gasteiger partial charge in [0.25, 0.3) is 0 Å². The zero-order valence-corrected chi connectivity index (χ0v) is 16.7. The van der Waals surface area contributed by atoms with Crippen LogP contribution < -0.4 is 15.4 Å². The number of thiazole rings is 1. The van der Waals surface area contributed by atoms with E-state index in [1.807, 2.05) is 12.4 Å². The van der Waals surface area contributed by atoms with Crippen molar-refractivity contribution in [3.05, 3.63) is 45.4 Å². The van der Waals surface area contributed by atoms with Crippen molar-refractivity contribution < 1.29 is 4.74 Å². The van der Waals surface area contributed by atoms with Crippen molar-refractivity contribution >= 4 is 17.3 Å². The van der Waals surface area contributed by atoms with Crippen molar-refractivity contribution in [2.45, 2.75) is 46.7 Å². The smallest absolute Gasteiger partial charge is 0.191 e. The average Bonchev–Trinajstić information content (AvgIpc) is 3.37. The molecule has 0 unspecified atom stereocenters. The number of nitrogens with zero attached hydrogens (tertiary/aromatic N) is 2. The number of hydrogen-bond acceptors (Lipinski definition) is 4. The van der Waals surface area contributed by atoms with Gasteiger partial charge in [-0.25, -0.2) is 9.98 Å². The fourth-order valence-corrected chi connectivity index (χ4v) is 3.30. The minimum Gasteiger partial charge on any atom is -0.493 e. The number of aryl methyl sites for hydroxylation is 2. The standard InChI is InChI=1S/C20H28N4OS/c1-4-21-20(23-11-19-15(3)24-13-26-19)22-10-17-8-5-14(2)9-18(17)25-12-16-6-7-16/h5,8-9,13,16H,4,6-7,10-12H2,1-3H3,(H2,21,22,23). The highest BCUT2D eigenvalue weighted by molar-refractivity contribution is 7.09. The average molecular weight is 373 g/mol. The highest BCUT2D eigenvalue weighted by Gasteiger charge is 2.22. The van der Waals surface area contributed by atoms with Crippen LogP contribution in [-0.2, 0) is 13.1 Å². The quantitative estimate of drug-likeness (QED) is 0.546. The van der Waals surface area contributed by atoms with Crippen LogP contribution in [0, 0.1) is 19.8 Å². The van der Waals surface area contributed by atoms with Crippen LogP contribution >= 0.6 is 11.3 Å². The Hall–Kier alpha value is -2.08. The predicted octanol–water partition coefficient (Wildman–Crippen LogP) is 3.80. The van der Waals surface area contributed by atoms with Crippen LogP contribution in [0.2, 0.25) is 0 Å². The highest BCUT2D eigenvalue weighted by Crippen LogP contribution is 2.31. The summed E-state index contributed by atoms with van der Waals surface area (Å²) in [6.07, 6.45) is 2.59. The lowest BCUT2D eigenvalue weighted by molar-refractivity contribution is 0.296. The van der Waals surface area contributed by atoms with Crippen LogP contribution in [0.4, 0.5) is 0 Å². The molecule has 0 aliphatic heterocycles. The third-order valence-electron chi connectivity index (χ3n) is 4.41. The maximum atomic E-state index is 6.05. The number of nitrogens with one attached hydrogen (secondary N) is 2. The first kappa shape index (κ1) is 18.7. The van der Waals surface area contributed by atoms with Crippen molar-refractivity contribution in [2.75, 3.05) is 13.2 Å². The summed E-state index contributed by atoms with van der Waals surface area (Å²) in [5.41, 5.74) is 5.30. The molecule has 3 rings (SSSR count). The Morgan fingerprint density at radius 3 is 2.85 bits per heavy atom. The fourth-order valence-electron chi connectivity index (χ4n) is 2.58. The molecule has 2 N–H and O–H groups in total. The molecule has 140 valence electrons. The fraction of sp³-hybridized carbons (Fsp3) is 0.500. The Labute approximate surface area is 159 Å². The molecule has 0 saturated heterocycles. The van der Waals surface area contributed by atoms with E-state index in [0.717, 1.165) is 48.6 Å². The lowest BCUT2D eigenvalue weighted by Gasteiger charge is -2.13. The van der Waals surface area contributed by atoms with E-state index in [1.165, 1.54) is 23.3 Å². The van der Waals surface area contributed by atoms with Gasteiger partial charge in [-0.1, -0.05) is 12.1 Å². The van der Waals surface area contributed by atoms with E-state index in [0.29, 0.717) is 6.54 Å². The van der Waals surface area contributed by atoms with Crippen LogP contribution in [0.1, 0.15) is 41.5 Å². The van der Waals surface area contributed by atoms with Gasteiger partial charge in [-0.2, -0.15) is 0 Å². The van der Waals surface area contributed by atoms with Crippen LogP contribution in [0.5, 0.6) is 5.75 Å². The molecule has 0 amide bonds. The molecule has 1 aromatic carbocycles. The summed E-state index contributed by atoms with van der Waals surface area (Å²) in [6.45, 7) is 9.19. The molecule has 2 aromatic rings. The lowest BCUT2D eigenvalue weighted by Crippen LogP contribution is -2.36. The molecule has 6 heteroatoms. The van der Waals surface area contributed by atoms with Crippen molar-refractivity contribution in [1.29, 1.82) is 0 Å². The molecule has 0 radical (unpaired) electrons. The number of aliphatic imine (C=N–C) groups is 1. The molecule has 26 heavy (non-hydrogen) atoms. The summed E-state index contributed by atoms with van der Waals surface area (Å²) < 4.78 is 6.05. The topological polar surface area (TPSA) is 58.5 Å². The Balaban J connectivity index is 1.65. The first-order valence-electron chi connectivity index (χ1n) is 9.29. The Morgan fingerprint density at radius 1 is 1.31 bits per heavy atom. The first-order valence-corrected chi connectivity index (χ1v) is 10.2. The minimum atomic E-state index is 0.595. The van der Waals surface area contributed by atoms with Crippen molar-refractivity contribution in [3.8, 4) is 5.75 Å². The van der Waals surface area contributed by atoms with E-state index >= 15 is 0 Å². The SMILES string of the molecule is CCNC(=NCc1ccc(C)cc1OCC1CC1)NCc1scnc1C. The van der Waals surface area contributed by atoms with E-state index in [4.69, 9.17) is 9.73 Å². The van der Waals surface area contributed by atoms with E-state index in [2.05, 4.69) is 47.7 Å². The van der Waals surface area contributed by atoms with Gasteiger partial charge in [0, 0.05) is 17.0 Å². The third-order valence-corrected chi connectivity index (χ3v) is 5.34. The third kappa shape index (κ3) is 5.46.